The number of halogens is 2. The number of carbonyl (C=O) groups excluding carboxylic acids is 2. The van der Waals surface area contributed by atoms with E-state index in [2.05, 4.69) is 24.9 Å². The van der Waals surface area contributed by atoms with Crippen LogP contribution in [-0.2, 0) is 26.2 Å². The number of nitrogens with two attached hydrogens (primary N) is 2. The third-order valence-corrected chi connectivity index (χ3v) is 11.5. The van der Waals surface area contributed by atoms with Gasteiger partial charge in [-0.1, -0.05) is 54.2 Å². The van der Waals surface area contributed by atoms with Crippen molar-refractivity contribution in [1.82, 2.24) is 24.8 Å². The van der Waals surface area contributed by atoms with Crippen molar-refractivity contribution in [3.63, 3.8) is 0 Å². The van der Waals surface area contributed by atoms with Gasteiger partial charge in [-0.2, -0.15) is 4.72 Å². The Morgan fingerprint density at radius 3 is 2.33 bits per heavy atom. The molecule has 284 valence electrons. The van der Waals surface area contributed by atoms with Crippen LogP contribution in [0.15, 0.2) is 52.4 Å². The van der Waals surface area contributed by atoms with Crippen LogP contribution >= 0.6 is 23.2 Å². The lowest BCUT2D eigenvalue weighted by Crippen LogP contribution is -2.64. The fourth-order valence-electron chi connectivity index (χ4n) is 5.91. The molecular weight excluding hydrogens is 727 g/mol. The van der Waals surface area contributed by atoms with Gasteiger partial charge in [0.15, 0.2) is 5.96 Å². The Balaban J connectivity index is 1.34. The van der Waals surface area contributed by atoms with Gasteiger partial charge in [0.05, 0.1) is 5.02 Å². The first kappa shape index (κ1) is 41.1. The number of pyridine rings is 1. The average molecular weight is 778 g/mol. The summed E-state index contributed by atoms with van der Waals surface area (Å²) in [5.41, 5.74) is 9.47. The van der Waals surface area contributed by atoms with E-state index in [1.807, 2.05) is 31.2 Å². The fourth-order valence-corrected chi connectivity index (χ4v) is 8.17. The second-order valence-electron chi connectivity index (χ2n) is 14.1. The standard InChI is InChI=1S/C36H50Cl2N8O5S/c1-24-13-14-25-11-10-12-28(31(25)42-24)51-23-26-27(37)15-16-29(30(26)38)52(49,50)44-35(2,3)32(47)43-36(4,5)33(48)46-21-19-45(20-22-46)18-9-7-6-8-17-41-34(39)40/h10-16,44H,6-9,17-23H2,1-5H3,(H,43,47)(H4,39,40,41). The molecule has 13 nitrogen and oxygen atoms in total. The van der Waals surface area contributed by atoms with Crippen LogP contribution in [0.2, 0.25) is 10.0 Å². The van der Waals surface area contributed by atoms with Crippen molar-refractivity contribution in [2.45, 2.75) is 82.9 Å². The van der Waals surface area contributed by atoms with Crippen LogP contribution in [0.3, 0.4) is 0 Å². The number of carbonyl (C=O) groups is 2. The van der Waals surface area contributed by atoms with Gasteiger partial charge in [-0.15, -0.1) is 0 Å². The summed E-state index contributed by atoms with van der Waals surface area (Å²) in [6, 6.07) is 12.0. The number of guanidine groups is 1. The molecule has 0 atom stereocenters. The molecule has 6 N–H and O–H groups in total. The topological polar surface area (TPSA) is 185 Å². The summed E-state index contributed by atoms with van der Waals surface area (Å²) in [7, 11) is -4.36. The predicted octanol–water partition coefficient (Wildman–Crippen LogP) is 4.36. The molecule has 0 bridgehead atoms. The first-order valence-corrected chi connectivity index (χ1v) is 19.5. The number of para-hydroxylation sites is 1. The summed E-state index contributed by atoms with van der Waals surface area (Å²) < 4.78 is 35.9. The van der Waals surface area contributed by atoms with E-state index in [-0.39, 0.29) is 39.0 Å². The minimum absolute atomic E-state index is 0.117. The SMILES string of the molecule is Cc1ccc2cccc(OCc3c(Cl)ccc(S(=O)(=O)NC(C)(C)C(=O)NC(C)(C)C(=O)N4CCN(CCCCCCN=C(N)N)CC4)c3Cl)c2n1. The molecule has 1 fully saturated rings. The van der Waals surface area contributed by atoms with Gasteiger partial charge in [-0.25, -0.2) is 13.4 Å². The number of unbranched alkanes of at least 4 members (excludes halogenated alkanes) is 3. The molecule has 4 rings (SSSR count). The lowest BCUT2D eigenvalue weighted by Gasteiger charge is -2.39. The molecule has 0 unspecified atom stereocenters. The molecule has 0 saturated carbocycles. The van der Waals surface area contributed by atoms with Gasteiger partial charge < -0.3 is 26.4 Å². The highest BCUT2D eigenvalue weighted by Gasteiger charge is 2.41. The quantitative estimate of drug-likeness (QED) is 0.0933. The number of nitrogens with zero attached hydrogens (tertiary/aromatic N) is 4. The summed E-state index contributed by atoms with van der Waals surface area (Å²) in [5, 5.41) is 3.71. The largest absolute Gasteiger partial charge is 0.487 e. The van der Waals surface area contributed by atoms with Gasteiger partial charge in [0.2, 0.25) is 21.8 Å². The molecule has 1 aromatic heterocycles. The predicted molar refractivity (Wildman–Crippen MR) is 206 cm³/mol. The number of hydrogen-bond donors (Lipinski definition) is 4. The fraction of sp³-hybridized carbons (Fsp3) is 0.500. The van der Waals surface area contributed by atoms with Crippen LogP contribution < -0.4 is 26.2 Å². The van der Waals surface area contributed by atoms with Crippen LogP contribution in [0.4, 0.5) is 0 Å². The van der Waals surface area contributed by atoms with E-state index in [1.54, 1.807) is 24.8 Å². The number of ether oxygens (including phenoxy) is 1. The highest BCUT2D eigenvalue weighted by molar-refractivity contribution is 7.89. The molecule has 0 aliphatic carbocycles. The number of aryl methyl sites for hydroxylation is 1. The van der Waals surface area contributed by atoms with E-state index in [0.717, 1.165) is 56.4 Å². The van der Waals surface area contributed by atoms with Crippen molar-refractivity contribution in [1.29, 1.82) is 0 Å². The molecular formula is C36H50Cl2N8O5S. The number of benzene rings is 2. The molecule has 2 aromatic carbocycles. The summed E-state index contributed by atoms with van der Waals surface area (Å²) in [5.74, 6) is -0.327. The van der Waals surface area contributed by atoms with E-state index >= 15 is 0 Å². The maximum Gasteiger partial charge on any atom is 0.247 e. The van der Waals surface area contributed by atoms with E-state index in [0.29, 0.717) is 30.9 Å². The minimum Gasteiger partial charge on any atom is -0.487 e. The summed E-state index contributed by atoms with van der Waals surface area (Å²) in [4.78, 5) is 39.5. The number of sulfonamides is 1. The van der Waals surface area contributed by atoms with Crippen LogP contribution in [-0.4, -0.2) is 91.3 Å². The molecule has 2 amide bonds. The molecule has 2 heterocycles. The van der Waals surface area contributed by atoms with Crippen LogP contribution in [0, 0.1) is 6.92 Å². The average Bonchev–Trinajstić information content (AvgIpc) is 3.06. The van der Waals surface area contributed by atoms with Crippen molar-refractivity contribution in [2.75, 3.05) is 39.3 Å². The summed E-state index contributed by atoms with van der Waals surface area (Å²) >= 11 is 13.1. The lowest BCUT2D eigenvalue weighted by molar-refractivity contribution is -0.143. The van der Waals surface area contributed by atoms with Crippen LogP contribution in [0.1, 0.15) is 64.6 Å². The number of rotatable bonds is 16. The van der Waals surface area contributed by atoms with Crippen molar-refractivity contribution in [2.24, 2.45) is 16.5 Å². The Morgan fingerprint density at radius 1 is 0.942 bits per heavy atom. The molecule has 52 heavy (non-hydrogen) atoms. The third kappa shape index (κ3) is 10.7. The number of fused-ring (bicyclic) bond motifs is 1. The zero-order chi connectivity index (χ0) is 38.3. The van der Waals surface area contributed by atoms with Gasteiger partial charge in [-0.05, 0) is 78.3 Å². The number of aliphatic imine (C=N–C) groups is 1. The van der Waals surface area contributed by atoms with Gasteiger partial charge in [0, 0.05) is 54.4 Å². The highest BCUT2D eigenvalue weighted by Crippen LogP contribution is 2.34. The van der Waals surface area contributed by atoms with Crippen LogP contribution in [0.25, 0.3) is 10.9 Å². The Labute approximate surface area is 316 Å². The van der Waals surface area contributed by atoms with Gasteiger partial charge >= 0.3 is 0 Å². The smallest absolute Gasteiger partial charge is 0.247 e. The summed E-state index contributed by atoms with van der Waals surface area (Å²) in [6.45, 7) is 11.9. The normalized spacial score (nSPS) is 14.3. The molecule has 1 aliphatic rings. The van der Waals surface area contributed by atoms with Crippen molar-refractivity contribution < 1.29 is 22.7 Å². The van der Waals surface area contributed by atoms with E-state index in [4.69, 9.17) is 39.4 Å². The van der Waals surface area contributed by atoms with Gasteiger partial charge in [0.25, 0.3) is 0 Å². The summed E-state index contributed by atoms with van der Waals surface area (Å²) in [6.07, 6.45) is 4.10. The molecule has 0 radical (unpaired) electrons. The van der Waals surface area contributed by atoms with Crippen molar-refractivity contribution in [3.8, 4) is 5.75 Å². The number of hydrogen-bond acceptors (Lipinski definition) is 8. The second-order valence-corrected chi connectivity index (χ2v) is 16.5. The highest BCUT2D eigenvalue weighted by atomic mass is 35.5. The molecule has 16 heteroatoms. The van der Waals surface area contributed by atoms with Crippen molar-refractivity contribution >= 4 is 61.9 Å². The number of nitrogens with one attached hydrogen (secondary N) is 2. The van der Waals surface area contributed by atoms with E-state index in [1.165, 1.54) is 26.0 Å². The Bertz CT molecular complexity index is 1890. The first-order chi connectivity index (χ1) is 24.4. The number of aromatic nitrogens is 1. The number of piperazine rings is 1. The Morgan fingerprint density at radius 2 is 1.63 bits per heavy atom. The van der Waals surface area contributed by atoms with E-state index < -0.39 is 27.0 Å². The van der Waals surface area contributed by atoms with Crippen LogP contribution in [0.5, 0.6) is 5.75 Å². The second kappa shape index (κ2) is 17.4. The lowest BCUT2D eigenvalue weighted by atomic mass is 9.99. The monoisotopic (exact) mass is 776 g/mol. The van der Waals surface area contributed by atoms with Crippen molar-refractivity contribution in [3.05, 3.63) is 63.8 Å². The molecule has 0 spiro atoms. The van der Waals surface area contributed by atoms with E-state index in [9.17, 15) is 18.0 Å². The third-order valence-electron chi connectivity index (χ3n) is 8.89. The van der Waals surface area contributed by atoms with Gasteiger partial charge in [0.1, 0.15) is 33.8 Å². The maximum atomic E-state index is 13.7. The first-order valence-electron chi connectivity index (χ1n) is 17.3. The Kier molecular flexibility index (Phi) is 13.8. The molecule has 1 aliphatic heterocycles. The zero-order valence-corrected chi connectivity index (χ0v) is 32.8. The molecule has 1 saturated heterocycles. The molecule has 3 aromatic rings. The number of amides is 2. The Hall–Kier alpha value is -3.69. The minimum atomic E-state index is -4.36. The van der Waals surface area contributed by atoms with Gasteiger partial charge in [-0.3, -0.25) is 19.5 Å². The zero-order valence-electron chi connectivity index (χ0n) is 30.5. The maximum absolute atomic E-state index is 13.7.